The number of hydrogen-bond acceptors (Lipinski definition) is 5. The van der Waals surface area contributed by atoms with Gasteiger partial charge in [0.25, 0.3) is 0 Å². The zero-order valence-electron chi connectivity index (χ0n) is 11.1. The maximum Gasteiger partial charge on any atom is 0.0897 e. The van der Waals surface area contributed by atoms with Crippen LogP contribution in [0.2, 0.25) is 0 Å². The van der Waals surface area contributed by atoms with Gasteiger partial charge in [-0.05, 0) is 19.1 Å². The van der Waals surface area contributed by atoms with Crippen molar-refractivity contribution >= 4 is 11.3 Å². The summed E-state index contributed by atoms with van der Waals surface area (Å²) in [6.07, 6.45) is 7.38. The fourth-order valence-corrected chi connectivity index (χ4v) is 2.78. The van der Waals surface area contributed by atoms with E-state index in [1.54, 1.807) is 17.5 Å². The molecule has 0 radical (unpaired) electrons. The van der Waals surface area contributed by atoms with Crippen LogP contribution in [0, 0.1) is 6.92 Å². The van der Waals surface area contributed by atoms with Crippen LogP contribution in [0.4, 0.5) is 0 Å². The Balaban J connectivity index is 1.65. The van der Waals surface area contributed by atoms with Crippen molar-refractivity contribution in [2.75, 3.05) is 0 Å². The second kappa shape index (κ2) is 5.94. The molecule has 0 aliphatic rings. The van der Waals surface area contributed by atoms with Gasteiger partial charge in [0, 0.05) is 47.7 Å². The first-order chi connectivity index (χ1) is 9.83. The summed E-state index contributed by atoms with van der Waals surface area (Å²) in [5.74, 6) is 0. The number of aromatic nitrogens is 4. The number of nitrogens with zero attached hydrogens (tertiary/aromatic N) is 3. The minimum absolute atomic E-state index is 0.762. The predicted molar refractivity (Wildman–Crippen MR) is 79.2 cm³/mol. The zero-order valence-corrected chi connectivity index (χ0v) is 11.9. The number of thiazole rings is 1. The lowest BCUT2D eigenvalue weighted by atomic mass is 10.1. The second-order valence-electron chi connectivity index (χ2n) is 4.46. The standard InChI is InChI=1S/C14H15N5S/c1-10-17-9-13(20-10)8-16-6-12-7-18-19-14(12)11-3-2-4-15-5-11/h2-5,7,9,16H,6,8H2,1H3,(H,18,19). The monoisotopic (exact) mass is 285 g/mol. The van der Waals surface area contributed by atoms with E-state index >= 15 is 0 Å². The van der Waals surface area contributed by atoms with E-state index in [9.17, 15) is 0 Å². The minimum atomic E-state index is 0.762. The quantitative estimate of drug-likeness (QED) is 0.756. The lowest BCUT2D eigenvalue weighted by molar-refractivity contribution is 0.701. The lowest BCUT2D eigenvalue weighted by Gasteiger charge is -2.04. The number of H-pyrrole nitrogens is 1. The Kier molecular flexibility index (Phi) is 3.85. The fourth-order valence-electron chi connectivity index (χ4n) is 2.01. The molecule has 0 aliphatic heterocycles. The van der Waals surface area contributed by atoms with Crippen LogP contribution in [-0.2, 0) is 13.1 Å². The lowest BCUT2D eigenvalue weighted by Crippen LogP contribution is -2.11. The molecule has 3 rings (SSSR count). The van der Waals surface area contributed by atoms with Crippen molar-refractivity contribution in [3.8, 4) is 11.3 Å². The van der Waals surface area contributed by atoms with Crippen molar-refractivity contribution < 1.29 is 0 Å². The third-order valence-corrected chi connectivity index (χ3v) is 3.86. The largest absolute Gasteiger partial charge is 0.308 e. The molecule has 5 nitrogen and oxygen atoms in total. The highest BCUT2D eigenvalue weighted by Gasteiger charge is 2.07. The van der Waals surface area contributed by atoms with Gasteiger partial charge < -0.3 is 5.32 Å². The highest BCUT2D eigenvalue weighted by molar-refractivity contribution is 7.11. The Morgan fingerprint density at radius 3 is 2.95 bits per heavy atom. The molecule has 0 unspecified atom stereocenters. The molecule has 0 fully saturated rings. The van der Waals surface area contributed by atoms with Crippen LogP contribution in [0.5, 0.6) is 0 Å². The van der Waals surface area contributed by atoms with E-state index in [0.29, 0.717) is 0 Å². The summed E-state index contributed by atoms with van der Waals surface area (Å²) >= 11 is 1.72. The van der Waals surface area contributed by atoms with E-state index in [4.69, 9.17) is 0 Å². The molecule has 0 amide bonds. The van der Waals surface area contributed by atoms with E-state index in [-0.39, 0.29) is 0 Å². The summed E-state index contributed by atoms with van der Waals surface area (Å²) in [5, 5.41) is 11.7. The van der Waals surface area contributed by atoms with Gasteiger partial charge in [-0.1, -0.05) is 0 Å². The number of pyridine rings is 1. The SMILES string of the molecule is Cc1ncc(CNCc2cn[nH]c2-c2cccnc2)s1. The summed E-state index contributed by atoms with van der Waals surface area (Å²) < 4.78 is 0. The number of rotatable bonds is 5. The molecule has 0 spiro atoms. The predicted octanol–water partition coefficient (Wildman–Crippen LogP) is 2.53. The topological polar surface area (TPSA) is 66.5 Å². The van der Waals surface area contributed by atoms with Crippen LogP contribution >= 0.6 is 11.3 Å². The van der Waals surface area contributed by atoms with Crippen LogP contribution in [0.15, 0.2) is 36.9 Å². The van der Waals surface area contributed by atoms with Crippen molar-refractivity contribution in [2.24, 2.45) is 0 Å². The molecule has 0 atom stereocenters. The molecule has 0 saturated carbocycles. The van der Waals surface area contributed by atoms with E-state index in [1.165, 1.54) is 4.88 Å². The van der Waals surface area contributed by atoms with Gasteiger partial charge in [0.2, 0.25) is 0 Å². The number of aromatic amines is 1. The highest BCUT2D eigenvalue weighted by atomic mass is 32.1. The smallest absolute Gasteiger partial charge is 0.0897 e. The highest BCUT2D eigenvalue weighted by Crippen LogP contribution is 2.19. The zero-order chi connectivity index (χ0) is 13.8. The molecule has 3 aromatic rings. The van der Waals surface area contributed by atoms with Gasteiger partial charge in [-0.3, -0.25) is 10.1 Å². The molecule has 3 aromatic heterocycles. The summed E-state index contributed by atoms with van der Waals surface area (Å²) in [4.78, 5) is 9.63. The molecule has 0 bridgehead atoms. The second-order valence-corrected chi connectivity index (χ2v) is 5.78. The van der Waals surface area contributed by atoms with Crippen LogP contribution in [0.3, 0.4) is 0 Å². The average molecular weight is 285 g/mol. The normalized spacial score (nSPS) is 10.8. The van der Waals surface area contributed by atoms with Crippen molar-refractivity contribution in [3.05, 3.63) is 52.4 Å². The molecule has 2 N–H and O–H groups in total. The van der Waals surface area contributed by atoms with Crippen LogP contribution in [0.25, 0.3) is 11.3 Å². The van der Waals surface area contributed by atoms with E-state index in [2.05, 4.69) is 25.5 Å². The minimum Gasteiger partial charge on any atom is -0.308 e. The van der Waals surface area contributed by atoms with E-state index in [1.807, 2.05) is 37.6 Å². The molecule has 0 aromatic carbocycles. The van der Waals surface area contributed by atoms with Crippen molar-refractivity contribution in [1.82, 2.24) is 25.5 Å². The Hall–Kier alpha value is -2.05. The molecule has 20 heavy (non-hydrogen) atoms. The number of hydrogen-bond donors (Lipinski definition) is 2. The van der Waals surface area contributed by atoms with Gasteiger partial charge in [0.15, 0.2) is 0 Å². The number of aryl methyl sites for hydroxylation is 1. The van der Waals surface area contributed by atoms with Crippen LogP contribution in [-0.4, -0.2) is 20.2 Å². The maximum atomic E-state index is 4.25. The summed E-state index contributed by atoms with van der Waals surface area (Å²) in [7, 11) is 0. The Bertz CT molecular complexity index is 674. The van der Waals surface area contributed by atoms with Crippen molar-refractivity contribution in [2.45, 2.75) is 20.0 Å². The van der Waals surface area contributed by atoms with Gasteiger partial charge in [-0.15, -0.1) is 11.3 Å². The van der Waals surface area contributed by atoms with Gasteiger partial charge in [-0.2, -0.15) is 5.10 Å². The van der Waals surface area contributed by atoms with E-state index in [0.717, 1.165) is 34.9 Å². The molecule has 0 aliphatic carbocycles. The molecule has 0 saturated heterocycles. The maximum absolute atomic E-state index is 4.25. The summed E-state index contributed by atoms with van der Waals surface area (Å²) in [6, 6.07) is 3.95. The molecule has 102 valence electrons. The van der Waals surface area contributed by atoms with Gasteiger partial charge in [0.05, 0.1) is 16.9 Å². The van der Waals surface area contributed by atoms with Crippen molar-refractivity contribution in [1.29, 1.82) is 0 Å². The summed E-state index contributed by atoms with van der Waals surface area (Å²) in [6.45, 7) is 3.60. The van der Waals surface area contributed by atoms with Crippen molar-refractivity contribution in [3.63, 3.8) is 0 Å². The first-order valence-corrected chi connectivity index (χ1v) is 7.19. The average Bonchev–Trinajstić information content (AvgIpc) is 3.09. The Morgan fingerprint density at radius 2 is 2.20 bits per heavy atom. The Morgan fingerprint density at radius 1 is 1.25 bits per heavy atom. The van der Waals surface area contributed by atoms with Gasteiger partial charge >= 0.3 is 0 Å². The molecule has 6 heteroatoms. The Labute approximate surface area is 121 Å². The van der Waals surface area contributed by atoms with Crippen LogP contribution in [0.1, 0.15) is 15.4 Å². The van der Waals surface area contributed by atoms with E-state index < -0.39 is 0 Å². The third kappa shape index (κ3) is 2.92. The first-order valence-electron chi connectivity index (χ1n) is 6.37. The van der Waals surface area contributed by atoms with Gasteiger partial charge in [0.1, 0.15) is 0 Å². The summed E-state index contributed by atoms with van der Waals surface area (Å²) in [5.41, 5.74) is 3.21. The third-order valence-electron chi connectivity index (χ3n) is 2.95. The fraction of sp³-hybridized carbons (Fsp3) is 0.214. The first kappa shape index (κ1) is 13.0. The molecule has 3 heterocycles. The van der Waals surface area contributed by atoms with Gasteiger partial charge in [-0.25, -0.2) is 4.98 Å². The molecular formula is C14H15N5S. The van der Waals surface area contributed by atoms with Crippen LogP contribution < -0.4 is 5.32 Å². The molecular weight excluding hydrogens is 270 g/mol. The number of nitrogens with one attached hydrogen (secondary N) is 2.